The largest absolute Gasteiger partial charge is 0.118 e. The van der Waals surface area contributed by atoms with E-state index < -0.39 is 0 Å². The molecule has 0 aliphatic carbocycles. The summed E-state index contributed by atoms with van der Waals surface area (Å²) in [5.41, 5.74) is 1.16. The van der Waals surface area contributed by atoms with Gasteiger partial charge < -0.3 is 0 Å². The predicted molar refractivity (Wildman–Crippen MR) is 106 cm³/mol. The van der Waals surface area contributed by atoms with Crippen LogP contribution < -0.4 is 0 Å². The molecule has 0 N–H and O–H groups in total. The fourth-order valence-electron chi connectivity index (χ4n) is 2.36. The molecule has 0 saturated heterocycles. The third-order valence-electron chi connectivity index (χ3n) is 3.74. The number of alkyl halides is 1. The topological polar surface area (TPSA) is 0 Å². The van der Waals surface area contributed by atoms with E-state index in [-0.39, 0.29) is 7.92 Å². The molecular formula is C19H29Cl2P. The maximum atomic E-state index is 6.71. The molecule has 0 aliphatic rings. The van der Waals surface area contributed by atoms with Crippen LogP contribution in [0, 0.1) is 0 Å². The third-order valence-corrected chi connectivity index (χ3v) is 7.91. The first-order chi connectivity index (χ1) is 10.7. The third kappa shape index (κ3) is 8.56. The quantitative estimate of drug-likeness (QED) is 0.281. The first kappa shape index (κ1) is 20.0. The molecule has 0 spiro atoms. The average molecular weight is 359 g/mol. The van der Waals surface area contributed by atoms with Gasteiger partial charge in [-0.3, -0.25) is 0 Å². The number of halogens is 2. The second-order valence-electron chi connectivity index (χ2n) is 5.72. The van der Waals surface area contributed by atoms with Crippen molar-refractivity contribution in [2.45, 2.75) is 57.5 Å². The summed E-state index contributed by atoms with van der Waals surface area (Å²) in [4.78, 5) is 0. The van der Waals surface area contributed by atoms with Gasteiger partial charge in [0, 0.05) is 5.03 Å². The van der Waals surface area contributed by atoms with Crippen LogP contribution in [0.5, 0.6) is 0 Å². The molecule has 0 aliphatic heterocycles. The average Bonchev–Trinajstić information content (AvgIpc) is 2.54. The Labute approximate surface area is 148 Å². The van der Waals surface area contributed by atoms with E-state index >= 15 is 0 Å². The standard InChI is InChI=1S/C19H29Cl2P/c1-3-5-14-22(15-6-4-2)19(21)13-12-18(20)16-17-10-8-7-9-11-17/h7-11,16,19H,3-6,12-15H2,1-2H3. The van der Waals surface area contributed by atoms with Crippen LogP contribution in [0.3, 0.4) is 0 Å². The highest BCUT2D eigenvalue weighted by Gasteiger charge is 2.17. The number of hydrogen-bond acceptors (Lipinski definition) is 0. The summed E-state index contributed by atoms with van der Waals surface area (Å²) in [6, 6.07) is 10.3. The minimum absolute atomic E-state index is 0.0440. The van der Waals surface area contributed by atoms with Gasteiger partial charge >= 0.3 is 0 Å². The van der Waals surface area contributed by atoms with Gasteiger partial charge in [-0.2, -0.15) is 0 Å². The lowest BCUT2D eigenvalue weighted by atomic mass is 10.2. The van der Waals surface area contributed by atoms with Gasteiger partial charge in [0.2, 0.25) is 0 Å². The Hall–Kier alpha value is -0.0300. The highest BCUT2D eigenvalue weighted by molar-refractivity contribution is 7.60. The van der Waals surface area contributed by atoms with Crippen LogP contribution in [0.25, 0.3) is 6.08 Å². The molecule has 0 aromatic heterocycles. The number of hydrogen-bond donors (Lipinski definition) is 0. The number of allylic oxidation sites excluding steroid dienone is 1. The Morgan fingerprint density at radius 2 is 1.68 bits per heavy atom. The molecule has 0 amide bonds. The number of unbranched alkanes of at least 4 members (excludes halogenated alkanes) is 2. The van der Waals surface area contributed by atoms with Gasteiger partial charge in [0.1, 0.15) is 0 Å². The lowest BCUT2D eigenvalue weighted by Crippen LogP contribution is -2.03. The SMILES string of the molecule is CCCCP(CCCC)C(Cl)CCC(Cl)=Cc1ccccc1. The van der Waals surface area contributed by atoms with Crippen LogP contribution in [-0.2, 0) is 0 Å². The maximum absolute atomic E-state index is 6.71. The van der Waals surface area contributed by atoms with Gasteiger partial charge in [-0.05, 0) is 49.6 Å². The monoisotopic (exact) mass is 358 g/mol. The van der Waals surface area contributed by atoms with Crippen molar-refractivity contribution in [2.75, 3.05) is 12.3 Å². The van der Waals surface area contributed by atoms with Crippen molar-refractivity contribution >= 4 is 37.2 Å². The van der Waals surface area contributed by atoms with E-state index in [1.54, 1.807) is 0 Å². The van der Waals surface area contributed by atoms with Gasteiger partial charge in [0.05, 0.1) is 5.12 Å². The van der Waals surface area contributed by atoms with Gasteiger partial charge in [0.25, 0.3) is 0 Å². The summed E-state index contributed by atoms with van der Waals surface area (Å²) < 4.78 is 0. The van der Waals surface area contributed by atoms with Crippen molar-refractivity contribution in [2.24, 2.45) is 0 Å². The smallest absolute Gasteiger partial charge is 0.0536 e. The fourth-order valence-corrected chi connectivity index (χ4v) is 6.01. The summed E-state index contributed by atoms with van der Waals surface area (Å²) in [7, 11) is -0.0440. The zero-order valence-electron chi connectivity index (χ0n) is 13.9. The second-order valence-corrected chi connectivity index (χ2v) is 9.73. The molecule has 1 unspecified atom stereocenters. The zero-order valence-corrected chi connectivity index (χ0v) is 16.3. The lowest BCUT2D eigenvalue weighted by molar-refractivity contribution is 0.847. The van der Waals surface area contributed by atoms with Gasteiger partial charge in [-0.25, -0.2) is 0 Å². The van der Waals surface area contributed by atoms with Gasteiger partial charge in [-0.1, -0.05) is 76.5 Å². The Balaban J connectivity index is 2.46. The molecule has 1 rings (SSSR count). The van der Waals surface area contributed by atoms with Crippen molar-refractivity contribution < 1.29 is 0 Å². The Morgan fingerprint density at radius 1 is 1.09 bits per heavy atom. The summed E-state index contributed by atoms with van der Waals surface area (Å²) in [5.74, 6) is 0. The van der Waals surface area contributed by atoms with Crippen molar-refractivity contribution in [3.63, 3.8) is 0 Å². The van der Waals surface area contributed by atoms with Crippen LogP contribution in [0.4, 0.5) is 0 Å². The van der Waals surface area contributed by atoms with E-state index in [1.165, 1.54) is 38.0 Å². The van der Waals surface area contributed by atoms with E-state index in [0.29, 0.717) is 5.12 Å². The van der Waals surface area contributed by atoms with Crippen LogP contribution in [0.1, 0.15) is 57.9 Å². The molecule has 1 aromatic rings. The highest BCUT2D eigenvalue weighted by Crippen LogP contribution is 2.47. The fraction of sp³-hybridized carbons (Fsp3) is 0.579. The zero-order chi connectivity index (χ0) is 16.2. The van der Waals surface area contributed by atoms with E-state index in [1.807, 2.05) is 18.2 Å². The van der Waals surface area contributed by atoms with Crippen molar-refractivity contribution in [3.05, 3.63) is 40.9 Å². The van der Waals surface area contributed by atoms with E-state index in [0.717, 1.165) is 23.4 Å². The second kappa shape index (κ2) is 12.4. The maximum Gasteiger partial charge on any atom is 0.0536 e. The minimum Gasteiger partial charge on any atom is -0.118 e. The summed E-state index contributed by atoms with van der Waals surface area (Å²) in [6.07, 6.45) is 11.8. The molecule has 0 fully saturated rings. The molecule has 0 nitrogen and oxygen atoms in total. The van der Waals surface area contributed by atoms with Crippen LogP contribution in [0.15, 0.2) is 35.4 Å². The number of benzene rings is 1. The van der Waals surface area contributed by atoms with Crippen molar-refractivity contribution in [1.82, 2.24) is 0 Å². The van der Waals surface area contributed by atoms with Crippen LogP contribution >= 0.6 is 31.1 Å². The molecule has 1 atom stereocenters. The van der Waals surface area contributed by atoms with Crippen LogP contribution in [0.2, 0.25) is 0 Å². The van der Waals surface area contributed by atoms with Gasteiger partial charge in [-0.15, -0.1) is 11.6 Å². The van der Waals surface area contributed by atoms with E-state index in [2.05, 4.69) is 32.1 Å². The normalized spacial score (nSPS) is 13.6. The summed E-state index contributed by atoms with van der Waals surface area (Å²) >= 11 is 13.1. The Bertz CT molecular complexity index is 409. The number of rotatable bonds is 11. The first-order valence-corrected chi connectivity index (χ1v) is 11.1. The molecule has 22 heavy (non-hydrogen) atoms. The minimum atomic E-state index is -0.0440. The van der Waals surface area contributed by atoms with Crippen LogP contribution in [-0.4, -0.2) is 17.4 Å². The van der Waals surface area contributed by atoms with E-state index in [9.17, 15) is 0 Å². The van der Waals surface area contributed by atoms with Crippen molar-refractivity contribution in [3.8, 4) is 0 Å². The van der Waals surface area contributed by atoms with Gasteiger partial charge in [0.15, 0.2) is 0 Å². The van der Waals surface area contributed by atoms with E-state index in [4.69, 9.17) is 23.2 Å². The molecule has 0 heterocycles. The molecule has 3 heteroatoms. The summed E-state index contributed by atoms with van der Waals surface area (Å²) in [5, 5.41) is 1.23. The molecule has 124 valence electrons. The lowest BCUT2D eigenvalue weighted by Gasteiger charge is -2.23. The first-order valence-electron chi connectivity index (χ1n) is 8.46. The predicted octanol–water partition coefficient (Wildman–Crippen LogP) is 7.69. The highest BCUT2D eigenvalue weighted by atomic mass is 35.5. The molecule has 0 bridgehead atoms. The molecule has 0 radical (unpaired) electrons. The summed E-state index contributed by atoms with van der Waals surface area (Å²) in [6.45, 7) is 4.52. The molecule has 1 aromatic carbocycles. The van der Waals surface area contributed by atoms with Crippen molar-refractivity contribution in [1.29, 1.82) is 0 Å². The molecular weight excluding hydrogens is 330 g/mol. The Morgan fingerprint density at radius 3 is 2.23 bits per heavy atom. The molecule has 0 saturated carbocycles. The Kier molecular flexibility index (Phi) is 11.3.